The number of esters is 2. The Bertz CT molecular complexity index is 1830. The van der Waals surface area contributed by atoms with Crippen molar-refractivity contribution < 1.29 is 23.8 Å². The van der Waals surface area contributed by atoms with Gasteiger partial charge in [-0.3, -0.25) is 0 Å². The molecule has 0 aliphatic carbocycles. The van der Waals surface area contributed by atoms with Crippen molar-refractivity contribution in [1.29, 1.82) is 0 Å². The second-order valence-corrected chi connectivity index (χ2v) is 9.01. The van der Waals surface area contributed by atoms with E-state index in [1.165, 1.54) is 26.4 Å². The first-order chi connectivity index (χ1) is 18.3. The van der Waals surface area contributed by atoms with Crippen LogP contribution >= 0.6 is 0 Å². The zero-order valence-electron chi connectivity index (χ0n) is 21.0. The molecule has 0 N–H and O–H groups in total. The molecule has 190 valence electrons. The summed E-state index contributed by atoms with van der Waals surface area (Å²) in [5, 5.41) is 16.0. The molecule has 2 aromatic carbocycles. The Labute approximate surface area is 216 Å². The largest absolute Gasteiger partial charge is 0.753 e. The van der Waals surface area contributed by atoms with Gasteiger partial charge in [0, 0.05) is 58.0 Å². The number of benzene rings is 2. The van der Waals surface area contributed by atoms with E-state index in [1.807, 2.05) is 48.5 Å². The van der Waals surface area contributed by atoms with Gasteiger partial charge in [-0.25, -0.2) is 9.59 Å². The molecule has 0 fully saturated rings. The molecular weight excluding hydrogens is 488 g/mol. The van der Waals surface area contributed by atoms with Gasteiger partial charge < -0.3 is 28.9 Å². The number of para-hydroxylation sites is 2. The maximum atomic E-state index is 14.0. The molecule has 0 saturated carbocycles. The number of hydrogen-bond donors (Lipinski definition) is 0. The van der Waals surface area contributed by atoms with Gasteiger partial charge in [0.1, 0.15) is 17.1 Å². The lowest BCUT2D eigenvalue weighted by Crippen LogP contribution is -2.30. The molecule has 38 heavy (non-hydrogen) atoms. The summed E-state index contributed by atoms with van der Waals surface area (Å²) >= 11 is 0. The number of methoxy groups -OCH3 is 2. The highest BCUT2D eigenvalue weighted by atomic mass is 16.5. The summed E-state index contributed by atoms with van der Waals surface area (Å²) < 4.78 is 13.8. The van der Waals surface area contributed by atoms with Crippen LogP contribution in [-0.2, 0) is 33.2 Å². The van der Waals surface area contributed by atoms with E-state index in [1.54, 1.807) is 23.2 Å². The van der Waals surface area contributed by atoms with Gasteiger partial charge in [0.25, 0.3) is 0 Å². The number of ether oxygens (including phenoxy) is 2. The van der Waals surface area contributed by atoms with Crippen molar-refractivity contribution in [2.45, 2.75) is 0 Å². The summed E-state index contributed by atoms with van der Waals surface area (Å²) in [6, 6.07) is 14.9. The Hall–Kier alpha value is -4.96. The van der Waals surface area contributed by atoms with Gasteiger partial charge in [-0.15, -0.1) is 0 Å². The number of carbonyl (C=O) groups excluding carboxylic acids is 2. The number of hydrogen-bond acceptors (Lipinski definition) is 7. The molecule has 0 saturated heterocycles. The van der Waals surface area contributed by atoms with E-state index in [0.29, 0.717) is 32.3 Å². The SMILES string of the molecule is COC(=O)C1=Cc2c(n(C)c3ccccc23)C(=C2c3c(c4ccccc4n3C)C=C(C(=O)OC)[N+]2=O)N1[O-]. The quantitative estimate of drug-likeness (QED) is 0.295. The van der Waals surface area contributed by atoms with Crippen LogP contribution in [0.3, 0.4) is 0 Å². The third-order valence-electron chi connectivity index (χ3n) is 7.16. The topological polar surface area (TPSA) is 109 Å². The molecule has 0 amide bonds. The van der Waals surface area contributed by atoms with Crippen LogP contribution in [0.15, 0.2) is 59.9 Å². The Morgan fingerprint density at radius 3 is 1.89 bits per heavy atom. The van der Waals surface area contributed by atoms with Crippen LogP contribution in [0.5, 0.6) is 0 Å². The number of aromatic nitrogens is 2. The second-order valence-electron chi connectivity index (χ2n) is 9.01. The summed E-state index contributed by atoms with van der Waals surface area (Å²) in [6.45, 7) is 0. The minimum Gasteiger partial charge on any atom is -0.753 e. The van der Waals surface area contributed by atoms with E-state index in [-0.39, 0.29) is 22.8 Å². The maximum Gasteiger partial charge on any atom is 0.408 e. The Kier molecular flexibility index (Phi) is 5.11. The van der Waals surface area contributed by atoms with E-state index in [9.17, 15) is 19.7 Å². The molecular formula is C28H22N4O6. The maximum absolute atomic E-state index is 14.0. The van der Waals surface area contributed by atoms with Crippen molar-refractivity contribution in [3.05, 3.63) is 92.6 Å². The monoisotopic (exact) mass is 510 g/mol. The number of nitrogens with zero attached hydrogens (tertiary/aromatic N) is 4. The van der Waals surface area contributed by atoms with Gasteiger partial charge in [0.05, 0.1) is 24.7 Å². The highest BCUT2D eigenvalue weighted by Crippen LogP contribution is 2.46. The zero-order valence-corrected chi connectivity index (χ0v) is 21.0. The fourth-order valence-electron chi connectivity index (χ4n) is 5.44. The highest BCUT2D eigenvalue weighted by Gasteiger charge is 2.46. The summed E-state index contributed by atoms with van der Waals surface area (Å²) in [6.07, 6.45) is 2.94. The third-order valence-corrected chi connectivity index (χ3v) is 7.16. The number of fused-ring (bicyclic) bond motifs is 6. The molecule has 2 aliphatic rings. The molecule has 0 unspecified atom stereocenters. The van der Waals surface area contributed by atoms with Gasteiger partial charge in [-0.1, -0.05) is 36.4 Å². The van der Waals surface area contributed by atoms with Crippen molar-refractivity contribution in [3.8, 4) is 0 Å². The normalized spacial score (nSPS) is 16.8. The lowest BCUT2D eigenvalue weighted by molar-refractivity contribution is -0.394. The first-order valence-corrected chi connectivity index (χ1v) is 11.7. The molecule has 0 spiro atoms. The van der Waals surface area contributed by atoms with Crippen LogP contribution in [0.2, 0.25) is 0 Å². The molecule has 6 rings (SSSR count). The first-order valence-electron chi connectivity index (χ1n) is 11.7. The summed E-state index contributed by atoms with van der Waals surface area (Å²) in [5.74, 6) is -1.71. The molecule has 2 aromatic heterocycles. The Balaban J connectivity index is 1.82. The van der Waals surface area contributed by atoms with Crippen LogP contribution in [0.4, 0.5) is 0 Å². The zero-order chi connectivity index (χ0) is 26.9. The van der Waals surface area contributed by atoms with Crippen LogP contribution < -0.4 is 0 Å². The molecule has 0 bridgehead atoms. The van der Waals surface area contributed by atoms with Crippen molar-refractivity contribution in [1.82, 2.24) is 14.2 Å². The standard InChI is InChI=1S/C28H22N4O6/c1-29-19-11-7-5-9-15(19)17-13-21(27(33)37-3)31(35)25(23(17)29)26-24-18(14-22(32(26)36)28(34)38-4)16-10-6-8-12-20(16)30(24)2/h5-14H,1-4H3. The fraction of sp³-hybridized carbons (Fsp3) is 0.143. The first kappa shape index (κ1) is 23.4. The van der Waals surface area contributed by atoms with Crippen molar-refractivity contribution in [2.75, 3.05) is 14.2 Å². The van der Waals surface area contributed by atoms with Gasteiger partial charge in [-0.2, -0.15) is 0 Å². The van der Waals surface area contributed by atoms with Gasteiger partial charge in [0.15, 0.2) is 0 Å². The predicted octanol–water partition coefficient (Wildman–Crippen LogP) is 4.13. The van der Waals surface area contributed by atoms with Crippen LogP contribution in [0.25, 0.3) is 45.4 Å². The van der Waals surface area contributed by atoms with Crippen LogP contribution in [0.1, 0.15) is 22.5 Å². The number of nitroso groups, excluding NO2 is 1. The van der Waals surface area contributed by atoms with E-state index < -0.39 is 11.9 Å². The number of rotatable bonds is 2. The van der Waals surface area contributed by atoms with Crippen molar-refractivity contribution >= 4 is 57.3 Å². The smallest absolute Gasteiger partial charge is 0.408 e. The van der Waals surface area contributed by atoms with Gasteiger partial charge >= 0.3 is 23.3 Å². The summed E-state index contributed by atoms with van der Waals surface area (Å²) in [5.41, 5.74) is 2.85. The minimum atomic E-state index is -0.856. The van der Waals surface area contributed by atoms with Gasteiger partial charge in [-0.05, 0) is 18.2 Å². The van der Waals surface area contributed by atoms with E-state index in [4.69, 9.17) is 9.47 Å². The highest BCUT2D eigenvalue weighted by molar-refractivity contribution is 6.10. The fourth-order valence-corrected chi connectivity index (χ4v) is 5.44. The molecule has 2 aliphatic heterocycles. The summed E-state index contributed by atoms with van der Waals surface area (Å²) in [7, 11) is 5.93. The summed E-state index contributed by atoms with van der Waals surface area (Å²) in [4.78, 5) is 39.5. The molecule has 0 atom stereocenters. The van der Waals surface area contributed by atoms with E-state index in [0.717, 1.165) is 21.8 Å². The van der Waals surface area contributed by atoms with Crippen molar-refractivity contribution in [2.24, 2.45) is 14.1 Å². The number of hydroxylamine groups is 2. The second kappa shape index (κ2) is 8.29. The average Bonchev–Trinajstić information content (AvgIpc) is 3.38. The Morgan fingerprint density at radius 2 is 1.32 bits per heavy atom. The minimum absolute atomic E-state index is 0.0849. The lowest BCUT2D eigenvalue weighted by Gasteiger charge is -2.36. The molecule has 0 radical (unpaired) electrons. The predicted molar refractivity (Wildman–Crippen MR) is 141 cm³/mol. The molecule has 4 heterocycles. The third kappa shape index (κ3) is 2.97. The van der Waals surface area contributed by atoms with E-state index >= 15 is 0 Å². The Morgan fingerprint density at radius 1 is 0.789 bits per heavy atom. The van der Waals surface area contributed by atoms with Crippen molar-refractivity contribution in [3.63, 3.8) is 0 Å². The molecule has 10 heteroatoms. The van der Waals surface area contributed by atoms with E-state index in [2.05, 4.69) is 0 Å². The number of carbonyl (C=O) groups is 2. The lowest BCUT2D eigenvalue weighted by atomic mass is 9.97. The van der Waals surface area contributed by atoms with Crippen LogP contribution in [0, 0.1) is 10.1 Å². The van der Waals surface area contributed by atoms with Crippen LogP contribution in [-0.4, -0.2) is 45.1 Å². The number of aryl methyl sites for hydroxylation is 2. The molecule has 4 aromatic rings. The molecule has 10 nitrogen and oxygen atoms in total. The van der Waals surface area contributed by atoms with Gasteiger partial charge in [0.2, 0.25) is 0 Å². The average molecular weight is 511 g/mol.